The maximum absolute atomic E-state index is 13.1. The zero-order valence-corrected chi connectivity index (χ0v) is 13.2. The summed E-state index contributed by atoms with van der Waals surface area (Å²) in [6.07, 6.45) is 6.14. The highest BCUT2D eigenvalue weighted by Gasteiger charge is 2.24. The summed E-state index contributed by atoms with van der Waals surface area (Å²) in [7, 11) is 0. The largest absolute Gasteiger partial charge is 0.477 e. The fourth-order valence-electron chi connectivity index (χ4n) is 2.66. The number of anilines is 1. The lowest BCUT2D eigenvalue weighted by atomic mass is 10.1. The maximum Gasteiger partial charge on any atom is 0.234 e. The minimum atomic E-state index is -0.317. The number of nitrogens with one attached hydrogen (secondary N) is 1. The van der Waals surface area contributed by atoms with Crippen LogP contribution in [0.4, 0.5) is 10.2 Å². The van der Waals surface area contributed by atoms with Crippen LogP contribution in [0.2, 0.25) is 0 Å². The lowest BCUT2D eigenvalue weighted by molar-refractivity contribution is 0.288. The van der Waals surface area contributed by atoms with Gasteiger partial charge in [0.1, 0.15) is 11.6 Å². The average molecular weight is 317 g/mol. The molecule has 6 nitrogen and oxygen atoms in total. The minimum absolute atomic E-state index is 0.103. The van der Waals surface area contributed by atoms with E-state index in [1.165, 1.54) is 12.3 Å². The molecular formula is C16H20FN5O. The third kappa shape index (κ3) is 3.28. The van der Waals surface area contributed by atoms with Gasteiger partial charge in [0, 0.05) is 18.5 Å². The molecule has 2 aromatic heterocycles. The number of H-pyrrole nitrogens is 1. The van der Waals surface area contributed by atoms with Gasteiger partial charge >= 0.3 is 0 Å². The van der Waals surface area contributed by atoms with E-state index in [0.717, 1.165) is 17.9 Å². The van der Waals surface area contributed by atoms with Crippen LogP contribution in [0, 0.1) is 5.82 Å². The molecule has 0 bridgehead atoms. The summed E-state index contributed by atoms with van der Waals surface area (Å²) in [6, 6.07) is 5.16. The molecule has 122 valence electrons. The molecule has 0 spiro atoms. The molecule has 1 N–H and O–H groups in total. The zero-order chi connectivity index (χ0) is 16.2. The van der Waals surface area contributed by atoms with E-state index in [4.69, 9.17) is 4.74 Å². The summed E-state index contributed by atoms with van der Waals surface area (Å²) in [5.41, 5.74) is 0.861. The van der Waals surface area contributed by atoms with Crippen molar-refractivity contribution in [3.63, 3.8) is 0 Å². The van der Waals surface area contributed by atoms with Crippen LogP contribution >= 0.6 is 0 Å². The number of aromatic amines is 1. The van der Waals surface area contributed by atoms with E-state index in [1.807, 2.05) is 30.3 Å². The molecule has 23 heavy (non-hydrogen) atoms. The molecule has 3 heterocycles. The predicted octanol–water partition coefficient (Wildman–Crippen LogP) is 3.04. The number of halogens is 1. The Hall–Kier alpha value is -2.57. The molecule has 0 aromatic carbocycles. The van der Waals surface area contributed by atoms with E-state index in [0.29, 0.717) is 19.2 Å². The highest BCUT2D eigenvalue weighted by Crippen LogP contribution is 2.28. The number of rotatable bonds is 6. The fourth-order valence-corrected chi connectivity index (χ4v) is 2.66. The standard InChI is InChI=1S/C16H20FN5O/c1-3-14(13-6-5-12(17)10-18-13)21-7-8-22(11-21)15-9-16(20-19-15)23-4-2/h5-10,14H,3-4,11H2,1-2H3,(H,19,20)/t14-/m0/s1. The Bertz CT molecular complexity index is 669. The summed E-state index contributed by atoms with van der Waals surface area (Å²) < 4.78 is 18.4. The number of aromatic nitrogens is 3. The second kappa shape index (κ2) is 6.68. The second-order valence-electron chi connectivity index (χ2n) is 5.27. The SMILES string of the molecule is CCOc1cc(N2C=CN([C@@H](CC)c3ccc(F)cn3)C2)[nH]n1. The number of hydrogen-bond donors (Lipinski definition) is 1. The molecule has 7 heteroatoms. The first-order valence-electron chi connectivity index (χ1n) is 7.71. The summed E-state index contributed by atoms with van der Waals surface area (Å²) in [4.78, 5) is 8.42. The molecule has 0 radical (unpaired) electrons. The molecule has 0 saturated heterocycles. The van der Waals surface area contributed by atoms with Crippen molar-refractivity contribution in [1.82, 2.24) is 20.1 Å². The van der Waals surface area contributed by atoms with Crippen molar-refractivity contribution in [2.75, 3.05) is 18.2 Å². The van der Waals surface area contributed by atoms with Crippen LogP contribution in [0.25, 0.3) is 0 Å². The monoisotopic (exact) mass is 317 g/mol. The average Bonchev–Trinajstić information content (AvgIpc) is 3.20. The lowest BCUT2D eigenvalue weighted by Gasteiger charge is -2.28. The third-order valence-corrected chi connectivity index (χ3v) is 3.77. The maximum atomic E-state index is 13.1. The van der Waals surface area contributed by atoms with E-state index < -0.39 is 0 Å². The van der Waals surface area contributed by atoms with Gasteiger partial charge < -0.3 is 14.5 Å². The summed E-state index contributed by atoms with van der Waals surface area (Å²) in [6.45, 7) is 5.27. The number of hydrogen-bond acceptors (Lipinski definition) is 5. The molecule has 1 atom stereocenters. The van der Waals surface area contributed by atoms with Gasteiger partial charge in [-0.15, -0.1) is 5.10 Å². The van der Waals surface area contributed by atoms with Crippen LogP contribution in [0.5, 0.6) is 5.88 Å². The van der Waals surface area contributed by atoms with E-state index in [-0.39, 0.29) is 11.9 Å². The van der Waals surface area contributed by atoms with Gasteiger partial charge in [-0.1, -0.05) is 6.92 Å². The minimum Gasteiger partial charge on any atom is -0.477 e. The van der Waals surface area contributed by atoms with Crippen molar-refractivity contribution >= 4 is 5.82 Å². The van der Waals surface area contributed by atoms with E-state index in [9.17, 15) is 4.39 Å². The van der Waals surface area contributed by atoms with Crippen molar-refractivity contribution in [2.45, 2.75) is 26.3 Å². The van der Waals surface area contributed by atoms with E-state index in [2.05, 4.69) is 27.0 Å². The van der Waals surface area contributed by atoms with Gasteiger partial charge in [-0.05, 0) is 25.5 Å². The van der Waals surface area contributed by atoms with Crippen molar-refractivity contribution in [1.29, 1.82) is 0 Å². The first kappa shape index (κ1) is 15.3. The zero-order valence-electron chi connectivity index (χ0n) is 13.2. The fraction of sp³-hybridized carbons (Fsp3) is 0.375. The van der Waals surface area contributed by atoms with E-state index >= 15 is 0 Å². The van der Waals surface area contributed by atoms with Gasteiger partial charge in [-0.25, -0.2) is 4.39 Å². The first-order chi connectivity index (χ1) is 11.2. The van der Waals surface area contributed by atoms with Gasteiger partial charge in [-0.2, -0.15) is 0 Å². The van der Waals surface area contributed by atoms with Crippen LogP contribution in [-0.4, -0.2) is 33.4 Å². The smallest absolute Gasteiger partial charge is 0.234 e. The van der Waals surface area contributed by atoms with Crippen LogP contribution < -0.4 is 9.64 Å². The van der Waals surface area contributed by atoms with Crippen LogP contribution in [-0.2, 0) is 0 Å². The van der Waals surface area contributed by atoms with Gasteiger partial charge in [-0.3, -0.25) is 10.1 Å². The molecule has 1 aliphatic rings. The van der Waals surface area contributed by atoms with Gasteiger partial charge in [0.25, 0.3) is 0 Å². The number of nitrogens with zero attached hydrogens (tertiary/aromatic N) is 4. The molecule has 0 aliphatic carbocycles. The highest BCUT2D eigenvalue weighted by molar-refractivity contribution is 5.45. The van der Waals surface area contributed by atoms with Crippen LogP contribution in [0.15, 0.2) is 36.8 Å². The van der Waals surface area contributed by atoms with Crippen molar-refractivity contribution in [2.24, 2.45) is 0 Å². The van der Waals surface area contributed by atoms with Crippen molar-refractivity contribution in [3.05, 3.63) is 48.3 Å². The summed E-state index contributed by atoms with van der Waals surface area (Å²) in [5.74, 6) is 1.14. The quantitative estimate of drug-likeness (QED) is 0.887. The predicted molar refractivity (Wildman–Crippen MR) is 85.3 cm³/mol. The molecule has 0 saturated carbocycles. The molecular weight excluding hydrogens is 297 g/mol. The molecule has 0 fully saturated rings. The Morgan fingerprint density at radius 2 is 2.22 bits per heavy atom. The highest BCUT2D eigenvalue weighted by atomic mass is 19.1. The van der Waals surface area contributed by atoms with E-state index in [1.54, 1.807) is 6.07 Å². The summed E-state index contributed by atoms with van der Waals surface area (Å²) in [5, 5.41) is 7.08. The molecule has 2 aromatic rings. The Morgan fingerprint density at radius 1 is 1.35 bits per heavy atom. The van der Waals surface area contributed by atoms with Crippen LogP contribution in [0.1, 0.15) is 32.0 Å². The number of ether oxygens (including phenoxy) is 1. The van der Waals surface area contributed by atoms with Crippen LogP contribution in [0.3, 0.4) is 0 Å². The van der Waals surface area contributed by atoms with Gasteiger partial charge in [0.2, 0.25) is 5.88 Å². The van der Waals surface area contributed by atoms with Gasteiger partial charge in [0.15, 0.2) is 0 Å². The molecule has 0 unspecified atom stereocenters. The normalized spacial score (nSPS) is 15.3. The molecule has 3 rings (SSSR count). The van der Waals surface area contributed by atoms with Crippen molar-refractivity contribution < 1.29 is 9.13 Å². The Balaban J connectivity index is 1.70. The number of pyridine rings is 1. The molecule has 0 amide bonds. The lowest BCUT2D eigenvalue weighted by Crippen LogP contribution is -2.29. The first-order valence-corrected chi connectivity index (χ1v) is 7.71. The Kier molecular flexibility index (Phi) is 4.45. The van der Waals surface area contributed by atoms with Gasteiger partial charge in [0.05, 0.1) is 31.2 Å². The molecule has 1 aliphatic heterocycles. The van der Waals surface area contributed by atoms with Crippen molar-refractivity contribution in [3.8, 4) is 5.88 Å². The third-order valence-electron chi connectivity index (χ3n) is 3.77. The Morgan fingerprint density at radius 3 is 2.91 bits per heavy atom. The second-order valence-corrected chi connectivity index (χ2v) is 5.27. The summed E-state index contributed by atoms with van der Waals surface area (Å²) >= 11 is 0. The topological polar surface area (TPSA) is 57.3 Å². The Labute approximate surface area is 134 Å².